The molecule has 186 valence electrons. The van der Waals surface area contributed by atoms with Gasteiger partial charge >= 0.3 is 18.0 Å². The predicted molar refractivity (Wildman–Crippen MR) is 125 cm³/mol. The molecule has 1 N–H and O–H groups in total. The summed E-state index contributed by atoms with van der Waals surface area (Å²) in [5.74, 6) is -1.12. The number of carbonyl (C=O) groups excluding carboxylic acids is 3. The maximum atomic E-state index is 14.0. The summed E-state index contributed by atoms with van der Waals surface area (Å²) in [7, 11) is 0. The van der Waals surface area contributed by atoms with Gasteiger partial charge in [-0.3, -0.25) is 4.90 Å². The summed E-state index contributed by atoms with van der Waals surface area (Å²) in [6.45, 7) is 8.87. The van der Waals surface area contributed by atoms with Crippen LogP contribution in [-0.4, -0.2) is 59.8 Å². The molecular formula is C26H36N2O6. The van der Waals surface area contributed by atoms with E-state index in [4.69, 9.17) is 14.2 Å². The fourth-order valence-electron chi connectivity index (χ4n) is 6.41. The number of amides is 1. The summed E-state index contributed by atoms with van der Waals surface area (Å²) in [5.41, 5.74) is -1.74. The number of benzene rings is 1. The van der Waals surface area contributed by atoms with E-state index < -0.39 is 40.6 Å². The van der Waals surface area contributed by atoms with Crippen molar-refractivity contribution in [2.45, 2.75) is 77.2 Å². The van der Waals surface area contributed by atoms with Gasteiger partial charge in [0.25, 0.3) is 0 Å². The first-order chi connectivity index (χ1) is 16.2. The summed E-state index contributed by atoms with van der Waals surface area (Å²) < 4.78 is 17.1. The van der Waals surface area contributed by atoms with E-state index in [1.165, 1.54) is 4.90 Å². The van der Waals surface area contributed by atoms with Crippen molar-refractivity contribution in [3.8, 4) is 0 Å². The third-order valence-corrected chi connectivity index (χ3v) is 7.58. The molecule has 2 saturated heterocycles. The van der Waals surface area contributed by atoms with E-state index in [9.17, 15) is 14.4 Å². The van der Waals surface area contributed by atoms with Gasteiger partial charge < -0.3 is 19.5 Å². The van der Waals surface area contributed by atoms with Crippen LogP contribution in [0, 0.1) is 11.3 Å². The first kappa shape index (κ1) is 24.5. The monoisotopic (exact) mass is 472 g/mol. The van der Waals surface area contributed by atoms with Gasteiger partial charge in [-0.2, -0.15) is 0 Å². The first-order valence-corrected chi connectivity index (χ1v) is 12.3. The van der Waals surface area contributed by atoms with E-state index in [2.05, 4.69) is 5.32 Å². The second kappa shape index (κ2) is 9.21. The molecule has 8 heteroatoms. The van der Waals surface area contributed by atoms with Gasteiger partial charge in [0.15, 0.2) is 5.54 Å². The maximum absolute atomic E-state index is 14.0. The standard InChI is InChI=1S/C26H36N2O6/c1-5-32-21(29)20-19-11-12-26(22(30)34-24(2,3)4,25(19)13-15-27-16-14-25)28(20)23(31)33-17-18-9-7-6-8-10-18/h6-10,19-20,27H,5,11-17H2,1-4H3/t19-,20-,26?/m0/s1. The van der Waals surface area contributed by atoms with E-state index in [1.54, 1.807) is 6.92 Å². The molecule has 3 aliphatic rings. The Kier molecular flexibility index (Phi) is 6.64. The van der Waals surface area contributed by atoms with Gasteiger partial charge in [-0.25, -0.2) is 14.4 Å². The topological polar surface area (TPSA) is 94.2 Å². The number of rotatable bonds is 5. The Bertz CT molecular complexity index is 921. The largest absolute Gasteiger partial charge is 0.464 e. The van der Waals surface area contributed by atoms with Crippen LogP contribution in [0.5, 0.6) is 0 Å². The van der Waals surface area contributed by atoms with Crippen LogP contribution < -0.4 is 5.32 Å². The summed E-state index contributed by atoms with van der Waals surface area (Å²) in [6.07, 6.45) is 1.78. The van der Waals surface area contributed by atoms with Crippen LogP contribution in [0.1, 0.15) is 58.9 Å². The Labute approximate surface area is 201 Å². The number of hydrogen-bond acceptors (Lipinski definition) is 7. The van der Waals surface area contributed by atoms with Gasteiger partial charge in [0.05, 0.1) is 6.61 Å². The fourth-order valence-corrected chi connectivity index (χ4v) is 6.41. The highest BCUT2D eigenvalue weighted by Crippen LogP contribution is 2.66. The van der Waals surface area contributed by atoms with Crippen molar-refractivity contribution in [2.24, 2.45) is 11.3 Å². The van der Waals surface area contributed by atoms with Crippen LogP contribution in [0.25, 0.3) is 0 Å². The highest BCUT2D eigenvalue weighted by Gasteiger charge is 2.78. The second-order valence-electron chi connectivity index (χ2n) is 10.5. The lowest BCUT2D eigenvalue weighted by Crippen LogP contribution is -2.65. The SMILES string of the molecule is CCOC(=O)[C@@H]1[C@@H]2CCC(C(=O)OC(C)(C)C)(N1C(=O)OCc1ccccc1)C21CCNCC1. The van der Waals surface area contributed by atoms with Crippen LogP contribution in [0.15, 0.2) is 30.3 Å². The minimum atomic E-state index is -1.27. The molecule has 2 aliphatic heterocycles. The van der Waals surface area contributed by atoms with Crippen molar-refractivity contribution in [2.75, 3.05) is 19.7 Å². The molecule has 3 fully saturated rings. The van der Waals surface area contributed by atoms with E-state index in [0.717, 1.165) is 5.56 Å². The molecule has 1 unspecified atom stereocenters. The van der Waals surface area contributed by atoms with Crippen molar-refractivity contribution in [3.63, 3.8) is 0 Å². The molecule has 1 aromatic rings. The van der Waals surface area contributed by atoms with Gasteiger partial charge in [0.1, 0.15) is 18.2 Å². The number of ether oxygens (including phenoxy) is 3. The molecular weight excluding hydrogens is 436 g/mol. The van der Waals surface area contributed by atoms with Crippen molar-refractivity contribution in [1.29, 1.82) is 0 Å². The smallest absolute Gasteiger partial charge is 0.411 e. The van der Waals surface area contributed by atoms with E-state index in [0.29, 0.717) is 38.8 Å². The number of nitrogens with one attached hydrogen (secondary N) is 1. The third kappa shape index (κ3) is 3.96. The summed E-state index contributed by atoms with van der Waals surface area (Å²) in [6, 6.07) is 8.49. The Hall–Kier alpha value is -2.61. The number of nitrogens with zero attached hydrogens (tertiary/aromatic N) is 1. The molecule has 1 saturated carbocycles. The van der Waals surface area contributed by atoms with Crippen LogP contribution in [-0.2, 0) is 30.4 Å². The number of likely N-dealkylation sites (tertiary alicyclic amines) is 1. The van der Waals surface area contributed by atoms with Crippen molar-refractivity contribution < 1.29 is 28.6 Å². The molecule has 8 nitrogen and oxygen atoms in total. The van der Waals surface area contributed by atoms with Gasteiger partial charge in [-0.05, 0) is 77.9 Å². The van der Waals surface area contributed by atoms with Gasteiger partial charge in [0, 0.05) is 5.41 Å². The number of esters is 2. The molecule has 2 bridgehead atoms. The minimum absolute atomic E-state index is 0.0509. The van der Waals surface area contributed by atoms with E-state index in [-0.39, 0.29) is 19.1 Å². The zero-order valence-corrected chi connectivity index (χ0v) is 20.6. The fraction of sp³-hybridized carbons (Fsp3) is 0.654. The molecule has 1 amide bonds. The molecule has 4 rings (SSSR count). The molecule has 1 aliphatic carbocycles. The zero-order chi connectivity index (χ0) is 24.6. The summed E-state index contributed by atoms with van der Waals surface area (Å²) in [4.78, 5) is 42.4. The highest BCUT2D eigenvalue weighted by molar-refractivity contribution is 5.94. The Morgan fingerprint density at radius 3 is 2.35 bits per heavy atom. The van der Waals surface area contributed by atoms with E-state index in [1.807, 2.05) is 51.1 Å². The van der Waals surface area contributed by atoms with Crippen LogP contribution in [0.2, 0.25) is 0 Å². The van der Waals surface area contributed by atoms with Crippen LogP contribution in [0.4, 0.5) is 4.79 Å². The summed E-state index contributed by atoms with van der Waals surface area (Å²) in [5, 5.41) is 3.37. The highest BCUT2D eigenvalue weighted by atomic mass is 16.6. The molecule has 3 atom stereocenters. The molecule has 0 radical (unpaired) electrons. The van der Waals surface area contributed by atoms with Crippen LogP contribution in [0.3, 0.4) is 0 Å². The number of hydrogen-bond donors (Lipinski definition) is 1. The molecule has 1 spiro atoms. The van der Waals surface area contributed by atoms with Gasteiger partial charge in [0.2, 0.25) is 0 Å². The average Bonchev–Trinajstić information content (AvgIpc) is 3.22. The van der Waals surface area contributed by atoms with Gasteiger partial charge in [-0.15, -0.1) is 0 Å². The lowest BCUT2D eigenvalue weighted by atomic mass is 9.64. The van der Waals surface area contributed by atoms with Crippen molar-refractivity contribution in [3.05, 3.63) is 35.9 Å². The van der Waals surface area contributed by atoms with Crippen molar-refractivity contribution >= 4 is 18.0 Å². The quantitative estimate of drug-likeness (QED) is 0.518. The Morgan fingerprint density at radius 1 is 1.06 bits per heavy atom. The lowest BCUT2D eigenvalue weighted by molar-refractivity contribution is -0.176. The predicted octanol–water partition coefficient (Wildman–Crippen LogP) is 3.43. The zero-order valence-electron chi connectivity index (χ0n) is 20.6. The Balaban J connectivity index is 1.77. The van der Waals surface area contributed by atoms with Crippen LogP contribution >= 0.6 is 0 Å². The number of carbonyl (C=O) groups is 3. The second-order valence-corrected chi connectivity index (χ2v) is 10.5. The average molecular weight is 473 g/mol. The molecule has 1 aromatic carbocycles. The third-order valence-electron chi connectivity index (χ3n) is 7.58. The van der Waals surface area contributed by atoms with Crippen molar-refractivity contribution in [1.82, 2.24) is 10.2 Å². The van der Waals surface area contributed by atoms with Gasteiger partial charge in [-0.1, -0.05) is 30.3 Å². The molecule has 34 heavy (non-hydrogen) atoms. The minimum Gasteiger partial charge on any atom is -0.464 e. The number of piperidine rings is 2. The maximum Gasteiger partial charge on any atom is 0.411 e. The van der Waals surface area contributed by atoms with E-state index >= 15 is 0 Å². The molecule has 0 aromatic heterocycles. The first-order valence-electron chi connectivity index (χ1n) is 12.3. The molecule has 2 heterocycles. The summed E-state index contributed by atoms with van der Waals surface area (Å²) >= 11 is 0. The lowest BCUT2D eigenvalue weighted by Gasteiger charge is -2.47. The normalized spacial score (nSPS) is 27.5. The Morgan fingerprint density at radius 2 is 1.74 bits per heavy atom.